The Balaban J connectivity index is 2.84. The average molecular weight is 236 g/mol. The van der Waals surface area contributed by atoms with Crippen molar-refractivity contribution in [3.63, 3.8) is 0 Å². The van der Waals surface area contributed by atoms with Crippen molar-refractivity contribution in [2.24, 2.45) is 0 Å². The van der Waals surface area contributed by atoms with Crippen LogP contribution >= 0.6 is 0 Å². The highest BCUT2D eigenvalue weighted by atomic mass is 19.1. The standard InChI is InChI=1S/C11H9FN2O3/c1-5(10(15)16)8-6-3-2-4-7(12)9(6)14-11(17)13-8/h2-5H,1H3,(H,15,16)(H,13,14,17). The Labute approximate surface area is 94.9 Å². The van der Waals surface area contributed by atoms with E-state index < -0.39 is 23.4 Å². The molecule has 0 radical (unpaired) electrons. The number of carboxylic acids is 1. The summed E-state index contributed by atoms with van der Waals surface area (Å²) in [6, 6.07) is 4.13. The van der Waals surface area contributed by atoms with Gasteiger partial charge < -0.3 is 10.1 Å². The van der Waals surface area contributed by atoms with Crippen LogP contribution in [0.25, 0.3) is 10.9 Å². The molecular weight excluding hydrogens is 227 g/mol. The molecule has 1 heterocycles. The number of carboxylic acid groups (broad SMARTS) is 1. The summed E-state index contributed by atoms with van der Waals surface area (Å²) in [5.74, 6) is -2.68. The Hall–Kier alpha value is -2.24. The minimum absolute atomic E-state index is 0.112. The lowest BCUT2D eigenvalue weighted by Crippen LogP contribution is -2.18. The number of hydrogen-bond acceptors (Lipinski definition) is 3. The Morgan fingerprint density at radius 1 is 1.53 bits per heavy atom. The molecule has 1 unspecified atom stereocenters. The van der Waals surface area contributed by atoms with Crippen LogP contribution in [0, 0.1) is 5.82 Å². The predicted molar refractivity (Wildman–Crippen MR) is 58.4 cm³/mol. The SMILES string of the molecule is CC(C(=O)O)c1[nH]c(=O)nc2c(F)cccc12. The number of aromatic amines is 1. The minimum atomic E-state index is -1.10. The van der Waals surface area contributed by atoms with Gasteiger partial charge in [0.2, 0.25) is 0 Å². The van der Waals surface area contributed by atoms with Crippen LogP contribution in [0.15, 0.2) is 23.0 Å². The second-order valence-electron chi connectivity index (χ2n) is 3.65. The molecule has 1 aromatic carbocycles. The van der Waals surface area contributed by atoms with Gasteiger partial charge in [0.25, 0.3) is 0 Å². The molecule has 0 fully saturated rings. The van der Waals surface area contributed by atoms with Gasteiger partial charge in [0.05, 0.1) is 5.92 Å². The number of para-hydroxylation sites is 1. The molecule has 2 aromatic rings. The maximum absolute atomic E-state index is 13.4. The summed E-state index contributed by atoms with van der Waals surface area (Å²) >= 11 is 0. The molecule has 88 valence electrons. The van der Waals surface area contributed by atoms with E-state index in [0.29, 0.717) is 5.39 Å². The zero-order valence-electron chi connectivity index (χ0n) is 8.90. The predicted octanol–water partition coefficient (Wildman–Crippen LogP) is 1.25. The van der Waals surface area contributed by atoms with Crippen molar-refractivity contribution in [2.75, 3.05) is 0 Å². The molecule has 0 aliphatic heterocycles. The molecule has 0 bridgehead atoms. The van der Waals surface area contributed by atoms with Crippen LogP contribution in [-0.4, -0.2) is 21.0 Å². The molecule has 0 aliphatic rings. The van der Waals surface area contributed by atoms with Crippen LogP contribution in [0.3, 0.4) is 0 Å². The summed E-state index contributed by atoms with van der Waals surface area (Å²) in [5.41, 5.74) is -0.711. The molecule has 17 heavy (non-hydrogen) atoms. The van der Waals surface area contributed by atoms with E-state index >= 15 is 0 Å². The van der Waals surface area contributed by atoms with Crippen molar-refractivity contribution in [1.29, 1.82) is 0 Å². The Morgan fingerprint density at radius 2 is 2.24 bits per heavy atom. The number of benzene rings is 1. The molecule has 0 saturated carbocycles. The lowest BCUT2D eigenvalue weighted by atomic mass is 10.0. The lowest BCUT2D eigenvalue weighted by Gasteiger charge is -2.09. The number of halogens is 1. The van der Waals surface area contributed by atoms with Gasteiger partial charge >= 0.3 is 11.7 Å². The summed E-state index contributed by atoms with van der Waals surface area (Å²) in [6.07, 6.45) is 0. The van der Waals surface area contributed by atoms with Crippen LogP contribution in [0.5, 0.6) is 0 Å². The normalized spacial score (nSPS) is 12.6. The molecular formula is C11H9FN2O3. The smallest absolute Gasteiger partial charge is 0.345 e. The van der Waals surface area contributed by atoms with Gasteiger partial charge in [0.1, 0.15) is 11.3 Å². The van der Waals surface area contributed by atoms with Crippen LogP contribution in [0.4, 0.5) is 4.39 Å². The summed E-state index contributed by atoms with van der Waals surface area (Å²) < 4.78 is 13.4. The van der Waals surface area contributed by atoms with E-state index in [1.54, 1.807) is 0 Å². The van der Waals surface area contributed by atoms with Crippen LogP contribution < -0.4 is 5.69 Å². The first-order valence-electron chi connectivity index (χ1n) is 4.92. The molecule has 0 aliphatic carbocycles. The van der Waals surface area contributed by atoms with Gasteiger partial charge in [-0.15, -0.1) is 0 Å². The van der Waals surface area contributed by atoms with E-state index in [0.717, 1.165) is 0 Å². The lowest BCUT2D eigenvalue weighted by molar-refractivity contribution is -0.138. The summed E-state index contributed by atoms with van der Waals surface area (Å²) in [7, 11) is 0. The second kappa shape index (κ2) is 3.97. The molecule has 6 heteroatoms. The monoisotopic (exact) mass is 236 g/mol. The van der Waals surface area contributed by atoms with Gasteiger partial charge in [-0.1, -0.05) is 12.1 Å². The molecule has 0 saturated heterocycles. The number of fused-ring (bicyclic) bond motifs is 1. The average Bonchev–Trinajstić information content (AvgIpc) is 2.28. The van der Waals surface area contributed by atoms with E-state index in [1.807, 2.05) is 0 Å². The van der Waals surface area contributed by atoms with Gasteiger partial charge in [-0.05, 0) is 13.0 Å². The first-order valence-corrected chi connectivity index (χ1v) is 4.92. The largest absolute Gasteiger partial charge is 0.481 e. The third-order valence-electron chi connectivity index (χ3n) is 2.54. The molecule has 2 rings (SSSR count). The Kier molecular flexibility index (Phi) is 2.63. The Bertz CT molecular complexity index is 651. The van der Waals surface area contributed by atoms with E-state index in [9.17, 15) is 14.0 Å². The van der Waals surface area contributed by atoms with Crippen LogP contribution in [0.1, 0.15) is 18.5 Å². The van der Waals surface area contributed by atoms with E-state index in [2.05, 4.69) is 9.97 Å². The maximum Gasteiger partial charge on any atom is 0.345 e. The second-order valence-corrected chi connectivity index (χ2v) is 3.65. The number of aliphatic carboxylic acids is 1. The fourth-order valence-corrected chi connectivity index (χ4v) is 1.62. The molecule has 0 spiro atoms. The van der Waals surface area contributed by atoms with Crippen LogP contribution in [0.2, 0.25) is 0 Å². The van der Waals surface area contributed by atoms with Gasteiger partial charge in [0, 0.05) is 11.1 Å². The number of aromatic nitrogens is 2. The molecule has 0 amide bonds. The summed E-state index contributed by atoms with van der Waals surface area (Å²) in [6.45, 7) is 1.41. The summed E-state index contributed by atoms with van der Waals surface area (Å²) in [5, 5.41) is 9.22. The zero-order valence-corrected chi connectivity index (χ0v) is 8.90. The summed E-state index contributed by atoms with van der Waals surface area (Å²) in [4.78, 5) is 28.0. The van der Waals surface area contributed by atoms with Crippen LogP contribution in [-0.2, 0) is 4.79 Å². The van der Waals surface area contributed by atoms with Crippen molar-refractivity contribution in [3.05, 3.63) is 40.2 Å². The highest BCUT2D eigenvalue weighted by Crippen LogP contribution is 2.22. The molecule has 2 N–H and O–H groups in total. The number of nitrogens with zero attached hydrogens (tertiary/aromatic N) is 1. The fraction of sp³-hybridized carbons (Fsp3) is 0.182. The van der Waals surface area contributed by atoms with Crippen molar-refractivity contribution in [3.8, 4) is 0 Å². The number of hydrogen-bond donors (Lipinski definition) is 2. The van der Waals surface area contributed by atoms with Crippen molar-refractivity contribution >= 4 is 16.9 Å². The quantitative estimate of drug-likeness (QED) is 0.822. The van der Waals surface area contributed by atoms with Crippen molar-refractivity contribution < 1.29 is 14.3 Å². The van der Waals surface area contributed by atoms with Gasteiger partial charge in [-0.3, -0.25) is 4.79 Å². The van der Waals surface area contributed by atoms with Gasteiger partial charge in [0.15, 0.2) is 0 Å². The third-order valence-corrected chi connectivity index (χ3v) is 2.54. The molecule has 1 atom stereocenters. The molecule has 5 nitrogen and oxygen atoms in total. The third kappa shape index (κ3) is 1.89. The van der Waals surface area contributed by atoms with Crippen molar-refractivity contribution in [1.82, 2.24) is 9.97 Å². The highest BCUT2D eigenvalue weighted by molar-refractivity contribution is 5.87. The number of nitrogens with one attached hydrogen (secondary N) is 1. The number of rotatable bonds is 2. The topological polar surface area (TPSA) is 83.0 Å². The van der Waals surface area contributed by atoms with Gasteiger partial charge in [-0.25, -0.2) is 9.18 Å². The fourth-order valence-electron chi connectivity index (χ4n) is 1.62. The highest BCUT2D eigenvalue weighted by Gasteiger charge is 2.19. The van der Waals surface area contributed by atoms with E-state index in [-0.39, 0.29) is 11.2 Å². The van der Waals surface area contributed by atoms with E-state index in [4.69, 9.17) is 5.11 Å². The zero-order chi connectivity index (χ0) is 12.6. The minimum Gasteiger partial charge on any atom is -0.481 e. The molecule has 1 aromatic heterocycles. The Morgan fingerprint density at radius 3 is 2.88 bits per heavy atom. The number of carbonyl (C=O) groups is 1. The first-order chi connectivity index (χ1) is 8.00. The van der Waals surface area contributed by atoms with E-state index in [1.165, 1.54) is 25.1 Å². The van der Waals surface area contributed by atoms with Crippen molar-refractivity contribution in [2.45, 2.75) is 12.8 Å². The van der Waals surface area contributed by atoms with Gasteiger partial charge in [-0.2, -0.15) is 4.98 Å². The maximum atomic E-state index is 13.4. The number of H-pyrrole nitrogens is 1. The first kappa shape index (κ1) is 11.3.